The van der Waals surface area contributed by atoms with E-state index >= 15 is 0 Å². The normalized spacial score (nSPS) is 15.0. The number of unbranched alkanes of at least 4 members (excludes halogenated alkanes) is 14. The largest absolute Gasteiger partial charge is 0.472 e. The zero-order valence-electron chi connectivity index (χ0n) is 33.5. The van der Waals surface area contributed by atoms with Gasteiger partial charge in [-0.25, -0.2) is 4.57 Å². The van der Waals surface area contributed by atoms with Gasteiger partial charge in [-0.15, -0.1) is 0 Å². The SMILES string of the molecule is CC/C=C\C/C=C\C/C=C\C/C=C\C/C=C\CC(=O)NC(COP(=O)(O)OCCN)C(O)/C=C/CC/C=C/CCCCCCCCCCCCCCC. The summed E-state index contributed by atoms with van der Waals surface area (Å²) in [4.78, 5) is 22.6. The maximum Gasteiger partial charge on any atom is 0.472 e. The van der Waals surface area contributed by atoms with Crippen LogP contribution in [0, 0.1) is 0 Å². The summed E-state index contributed by atoms with van der Waals surface area (Å²) in [6.07, 6.45) is 52.4. The molecule has 0 aromatic carbocycles. The van der Waals surface area contributed by atoms with Crippen molar-refractivity contribution in [1.29, 1.82) is 0 Å². The Labute approximate surface area is 324 Å². The molecule has 0 aliphatic rings. The van der Waals surface area contributed by atoms with E-state index in [1.807, 2.05) is 18.2 Å². The monoisotopic (exact) mass is 761 g/mol. The molecule has 0 aromatic heterocycles. The van der Waals surface area contributed by atoms with Gasteiger partial charge in [-0.3, -0.25) is 13.8 Å². The minimum atomic E-state index is -4.37. The van der Waals surface area contributed by atoms with E-state index in [-0.39, 0.29) is 25.5 Å². The van der Waals surface area contributed by atoms with Crippen LogP contribution in [0.1, 0.15) is 155 Å². The highest BCUT2D eigenvalue weighted by Crippen LogP contribution is 2.43. The fraction of sp³-hybridized carbons (Fsp3) is 0.659. The van der Waals surface area contributed by atoms with Crippen molar-refractivity contribution < 1.29 is 28.4 Å². The van der Waals surface area contributed by atoms with Crippen LogP contribution in [0.15, 0.2) is 85.1 Å². The summed E-state index contributed by atoms with van der Waals surface area (Å²) in [7, 11) is -4.37. The number of nitrogens with one attached hydrogen (secondary N) is 1. The molecule has 3 atom stereocenters. The third kappa shape index (κ3) is 37.8. The van der Waals surface area contributed by atoms with Gasteiger partial charge in [-0.1, -0.05) is 176 Å². The number of hydrogen-bond donors (Lipinski definition) is 4. The Morgan fingerprint density at radius 3 is 1.64 bits per heavy atom. The molecule has 1 amide bonds. The molecule has 0 aromatic rings. The molecule has 0 spiro atoms. The average molecular weight is 761 g/mol. The van der Waals surface area contributed by atoms with Crippen LogP contribution in [0.3, 0.4) is 0 Å². The molecule has 0 bridgehead atoms. The summed E-state index contributed by atoms with van der Waals surface area (Å²) >= 11 is 0. The number of carbonyl (C=O) groups excluding carboxylic acids is 1. The van der Waals surface area contributed by atoms with E-state index in [2.05, 4.69) is 73.8 Å². The highest BCUT2D eigenvalue weighted by Gasteiger charge is 2.26. The number of phosphoric ester groups is 1. The summed E-state index contributed by atoms with van der Waals surface area (Å²) in [6, 6.07) is -0.936. The van der Waals surface area contributed by atoms with Crippen LogP contribution in [0.25, 0.3) is 0 Å². The summed E-state index contributed by atoms with van der Waals surface area (Å²) in [5, 5.41) is 13.5. The van der Waals surface area contributed by atoms with E-state index in [1.165, 1.54) is 83.5 Å². The molecule has 304 valence electrons. The molecule has 5 N–H and O–H groups in total. The second-order valence-corrected chi connectivity index (χ2v) is 14.9. The molecule has 0 radical (unpaired) electrons. The second-order valence-electron chi connectivity index (χ2n) is 13.5. The number of aliphatic hydroxyl groups is 1. The first kappa shape index (κ1) is 50.7. The quantitative estimate of drug-likeness (QED) is 0.0282. The fourth-order valence-electron chi connectivity index (χ4n) is 5.39. The first-order valence-electron chi connectivity index (χ1n) is 20.7. The molecule has 0 heterocycles. The summed E-state index contributed by atoms with van der Waals surface area (Å²) in [5.41, 5.74) is 5.35. The number of aliphatic hydroxyl groups excluding tert-OH is 1. The van der Waals surface area contributed by atoms with E-state index in [9.17, 15) is 19.4 Å². The highest BCUT2D eigenvalue weighted by molar-refractivity contribution is 7.47. The van der Waals surface area contributed by atoms with Crippen molar-refractivity contribution in [2.75, 3.05) is 19.8 Å². The molecular formula is C44H77N2O6P. The number of phosphoric acid groups is 1. The molecule has 3 unspecified atom stereocenters. The molecule has 53 heavy (non-hydrogen) atoms. The lowest BCUT2D eigenvalue weighted by atomic mass is 10.0. The van der Waals surface area contributed by atoms with Gasteiger partial charge in [0, 0.05) is 13.0 Å². The standard InChI is InChI=1S/C44H77N2O6P/c1-3-5-7-9-11-13-15-17-19-20-21-22-24-25-27-29-31-33-35-37-43(47)42(41-52-53(49,50)51-40-39-45)46-44(48)38-36-34-32-30-28-26-23-18-16-14-12-10-8-6-4-2/h6,8,12,14,18,23,27-30,34-37,42-43,47H,3-5,7,9-11,13,15-17,19-22,24-26,31-33,38-41,45H2,1-2H3,(H,46,48)(H,49,50)/b8-6-,14-12-,23-18-,29-27+,30-28-,36-34-,37-35+. The summed E-state index contributed by atoms with van der Waals surface area (Å²) in [6.45, 7) is 3.90. The maximum absolute atomic E-state index is 12.7. The van der Waals surface area contributed by atoms with Gasteiger partial charge in [-0.05, 0) is 57.8 Å². The van der Waals surface area contributed by atoms with Crippen LogP contribution >= 0.6 is 7.82 Å². The molecule has 8 nitrogen and oxygen atoms in total. The molecular weight excluding hydrogens is 683 g/mol. The average Bonchev–Trinajstić information content (AvgIpc) is 3.14. The summed E-state index contributed by atoms with van der Waals surface area (Å²) in [5.74, 6) is -0.334. The zero-order valence-corrected chi connectivity index (χ0v) is 34.4. The van der Waals surface area contributed by atoms with E-state index in [1.54, 1.807) is 12.2 Å². The van der Waals surface area contributed by atoms with E-state index in [0.29, 0.717) is 6.42 Å². The Balaban J connectivity index is 4.44. The van der Waals surface area contributed by atoms with Gasteiger partial charge in [0.25, 0.3) is 0 Å². The molecule has 0 saturated carbocycles. The number of amides is 1. The van der Waals surface area contributed by atoms with Crippen LogP contribution in [-0.4, -0.2) is 47.8 Å². The molecule has 0 aliphatic carbocycles. The van der Waals surface area contributed by atoms with Crippen molar-refractivity contribution in [2.45, 2.75) is 167 Å². The molecule has 0 fully saturated rings. The third-order valence-corrected chi connectivity index (χ3v) is 9.47. The Morgan fingerprint density at radius 2 is 1.11 bits per heavy atom. The lowest BCUT2D eigenvalue weighted by molar-refractivity contribution is -0.122. The Kier molecular flexibility index (Phi) is 37.7. The lowest BCUT2D eigenvalue weighted by Crippen LogP contribution is -2.45. The van der Waals surface area contributed by atoms with Crippen molar-refractivity contribution in [3.63, 3.8) is 0 Å². The zero-order chi connectivity index (χ0) is 38.9. The second kappa shape index (κ2) is 39.4. The van der Waals surface area contributed by atoms with Gasteiger partial charge >= 0.3 is 7.82 Å². The van der Waals surface area contributed by atoms with Crippen LogP contribution in [0.2, 0.25) is 0 Å². The Morgan fingerprint density at radius 1 is 0.642 bits per heavy atom. The fourth-order valence-corrected chi connectivity index (χ4v) is 6.15. The van der Waals surface area contributed by atoms with E-state index < -0.39 is 26.6 Å². The van der Waals surface area contributed by atoms with Crippen molar-refractivity contribution >= 4 is 13.7 Å². The first-order valence-corrected chi connectivity index (χ1v) is 22.2. The van der Waals surface area contributed by atoms with Gasteiger partial charge in [0.15, 0.2) is 0 Å². The van der Waals surface area contributed by atoms with Crippen molar-refractivity contribution in [3.05, 3.63) is 85.1 Å². The van der Waals surface area contributed by atoms with Gasteiger partial charge < -0.3 is 21.1 Å². The van der Waals surface area contributed by atoms with Crippen LogP contribution in [0.4, 0.5) is 0 Å². The van der Waals surface area contributed by atoms with Crippen molar-refractivity contribution in [3.8, 4) is 0 Å². The van der Waals surface area contributed by atoms with Gasteiger partial charge in [-0.2, -0.15) is 0 Å². The number of carbonyl (C=O) groups is 1. The van der Waals surface area contributed by atoms with Gasteiger partial charge in [0.1, 0.15) is 0 Å². The van der Waals surface area contributed by atoms with Crippen LogP contribution in [-0.2, 0) is 18.4 Å². The van der Waals surface area contributed by atoms with E-state index in [0.717, 1.165) is 44.9 Å². The Hall–Kier alpha value is -2.32. The van der Waals surface area contributed by atoms with Gasteiger partial charge in [0.05, 0.1) is 25.4 Å². The van der Waals surface area contributed by atoms with Crippen molar-refractivity contribution in [1.82, 2.24) is 5.32 Å². The van der Waals surface area contributed by atoms with Crippen LogP contribution < -0.4 is 11.1 Å². The maximum atomic E-state index is 12.7. The predicted molar refractivity (Wildman–Crippen MR) is 226 cm³/mol. The molecule has 0 saturated heterocycles. The highest BCUT2D eigenvalue weighted by atomic mass is 31.2. The van der Waals surface area contributed by atoms with Gasteiger partial charge in [0.2, 0.25) is 5.91 Å². The smallest absolute Gasteiger partial charge is 0.387 e. The Bertz CT molecular complexity index is 1100. The van der Waals surface area contributed by atoms with Crippen molar-refractivity contribution in [2.24, 2.45) is 5.73 Å². The molecule has 0 rings (SSSR count). The summed E-state index contributed by atoms with van der Waals surface area (Å²) < 4.78 is 22.0. The third-order valence-electron chi connectivity index (χ3n) is 8.48. The number of nitrogens with two attached hydrogens (primary N) is 1. The molecule has 9 heteroatoms. The predicted octanol–water partition coefficient (Wildman–Crippen LogP) is 11.4. The molecule has 0 aliphatic heterocycles. The minimum Gasteiger partial charge on any atom is -0.387 e. The lowest BCUT2D eigenvalue weighted by Gasteiger charge is -2.23. The number of rotatable bonds is 37. The van der Waals surface area contributed by atoms with E-state index in [4.69, 9.17) is 14.8 Å². The minimum absolute atomic E-state index is 0.0561. The first-order chi connectivity index (χ1) is 25.9. The number of hydrogen-bond acceptors (Lipinski definition) is 6. The van der Waals surface area contributed by atoms with Crippen LogP contribution in [0.5, 0.6) is 0 Å². The number of allylic oxidation sites excluding steroid dienone is 12. The topological polar surface area (TPSA) is 131 Å².